The van der Waals surface area contributed by atoms with Crippen LogP contribution in [0.4, 0.5) is 0 Å². The first-order valence-corrected chi connectivity index (χ1v) is 14.9. The van der Waals surface area contributed by atoms with Crippen molar-refractivity contribution in [3.63, 3.8) is 0 Å². The maximum Gasteiger partial charge on any atom is 0.397 e. The lowest BCUT2D eigenvalue weighted by Gasteiger charge is -2.61. The summed E-state index contributed by atoms with van der Waals surface area (Å²) in [5.41, 5.74) is -0.564. The van der Waals surface area contributed by atoms with Gasteiger partial charge < -0.3 is 14.6 Å². The van der Waals surface area contributed by atoms with E-state index >= 15 is 0 Å². The zero-order chi connectivity index (χ0) is 24.1. The van der Waals surface area contributed by atoms with E-state index in [1.807, 2.05) is 0 Å². The predicted molar refractivity (Wildman–Crippen MR) is 123 cm³/mol. The van der Waals surface area contributed by atoms with Crippen LogP contribution < -0.4 is 0 Å². The number of rotatable bonds is 2. The molecule has 0 aromatic heterocycles. The van der Waals surface area contributed by atoms with Crippen LogP contribution in [0.3, 0.4) is 0 Å². The molecule has 2 saturated heterocycles. The van der Waals surface area contributed by atoms with E-state index in [1.165, 1.54) is 0 Å². The summed E-state index contributed by atoms with van der Waals surface area (Å²) in [4.78, 5) is 0. The first-order chi connectivity index (χ1) is 15.9. The maximum atomic E-state index is 11.8. The van der Waals surface area contributed by atoms with Crippen molar-refractivity contribution in [3.05, 3.63) is 0 Å². The molecule has 14 unspecified atom stereocenters. The normalized spacial score (nSPS) is 63.8. The summed E-state index contributed by atoms with van der Waals surface area (Å²) in [7, 11) is -4.54. The molecule has 2 heterocycles. The molecule has 0 amide bonds. The fourth-order valence-corrected chi connectivity index (χ4v) is 12.1. The molecule has 5 aliphatic carbocycles. The Bertz CT molecular complexity index is 1020. The van der Waals surface area contributed by atoms with Gasteiger partial charge in [0.15, 0.2) is 5.79 Å². The minimum Gasteiger partial charge on any atom is -0.393 e. The van der Waals surface area contributed by atoms with Crippen LogP contribution in [0.25, 0.3) is 0 Å². The standard InChI is InChI=1S/C26H40O7S/c1-13-10-26(31-12-13)14(2)22-19(32-26)9-18-16-8-20(27)25-11-15(25)7-21(33-34(28,29)30)24(25,4)17(16)5-6-23(18,22)3/h13-22,27H,5-12H2,1-4H3,(H,28,29,30). The highest BCUT2D eigenvalue weighted by atomic mass is 32.3. The summed E-state index contributed by atoms with van der Waals surface area (Å²) < 4.78 is 51.5. The van der Waals surface area contributed by atoms with Crippen LogP contribution in [0.5, 0.6) is 0 Å². The van der Waals surface area contributed by atoms with Crippen molar-refractivity contribution in [3.8, 4) is 0 Å². The number of hydrogen-bond acceptors (Lipinski definition) is 6. The zero-order valence-corrected chi connectivity index (χ0v) is 21.6. The maximum absolute atomic E-state index is 11.8. The highest BCUT2D eigenvalue weighted by molar-refractivity contribution is 7.80. The molecule has 7 rings (SSSR count). The highest BCUT2D eigenvalue weighted by Gasteiger charge is 2.81. The van der Waals surface area contributed by atoms with Crippen LogP contribution in [-0.2, 0) is 24.1 Å². The van der Waals surface area contributed by atoms with E-state index in [9.17, 15) is 18.1 Å². The first kappa shape index (κ1) is 22.9. The molecule has 0 aromatic carbocycles. The summed E-state index contributed by atoms with van der Waals surface area (Å²) in [5.74, 6) is 2.23. The zero-order valence-electron chi connectivity index (χ0n) is 20.8. The van der Waals surface area contributed by atoms with E-state index < -0.39 is 33.8 Å². The van der Waals surface area contributed by atoms with E-state index in [-0.39, 0.29) is 16.9 Å². The monoisotopic (exact) mass is 496 g/mol. The number of ether oxygens (including phenoxy) is 2. The molecule has 2 aliphatic heterocycles. The molecular formula is C26H40O7S. The molecule has 2 N–H and O–H groups in total. The van der Waals surface area contributed by atoms with E-state index in [2.05, 4.69) is 27.7 Å². The third kappa shape index (κ3) is 2.54. The van der Waals surface area contributed by atoms with Crippen LogP contribution in [-0.4, -0.2) is 48.8 Å². The Balaban J connectivity index is 1.23. The summed E-state index contributed by atoms with van der Waals surface area (Å²) in [6.07, 6.45) is 5.63. The van der Waals surface area contributed by atoms with Gasteiger partial charge in [0.25, 0.3) is 0 Å². The van der Waals surface area contributed by atoms with Gasteiger partial charge in [0.2, 0.25) is 0 Å². The van der Waals surface area contributed by atoms with Crippen LogP contribution in [0, 0.1) is 57.7 Å². The molecule has 7 fully saturated rings. The third-order valence-corrected chi connectivity index (χ3v) is 13.2. The van der Waals surface area contributed by atoms with Gasteiger partial charge in [0.05, 0.1) is 24.9 Å². The average molecular weight is 497 g/mol. The van der Waals surface area contributed by atoms with Gasteiger partial charge in [-0.25, -0.2) is 4.18 Å². The molecule has 8 heteroatoms. The minimum atomic E-state index is -4.54. The van der Waals surface area contributed by atoms with Gasteiger partial charge in [0, 0.05) is 23.2 Å². The molecule has 7 aliphatic rings. The fraction of sp³-hybridized carbons (Fsp3) is 1.00. The fourth-order valence-electron chi connectivity index (χ4n) is 11.5. The van der Waals surface area contributed by atoms with Gasteiger partial charge in [0.1, 0.15) is 0 Å². The quantitative estimate of drug-likeness (QED) is 0.561. The molecular weight excluding hydrogens is 456 g/mol. The van der Waals surface area contributed by atoms with Crippen LogP contribution in [0.2, 0.25) is 0 Å². The van der Waals surface area contributed by atoms with Crippen molar-refractivity contribution >= 4 is 10.4 Å². The SMILES string of the molecule is CC1COC2(C1)OC1CC3C4CC(O)C56CC5CC(OS(=O)(=O)O)C6(C)C4CCC3(C)C1C2C. The van der Waals surface area contributed by atoms with Crippen LogP contribution in [0.15, 0.2) is 0 Å². The molecule has 34 heavy (non-hydrogen) atoms. The summed E-state index contributed by atoms with van der Waals surface area (Å²) in [6, 6.07) is 0. The Morgan fingerprint density at radius 3 is 2.50 bits per heavy atom. The lowest BCUT2D eigenvalue weighted by Crippen LogP contribution is -2.60. The Kier molecular flexibility index (Phi) is 4.44. The molecule has 0 bridgehead atoms. The van der Waals surface area contributed by atoms with Crippen molar-refractivity contribution in [2.24, 2.45) is 57.7 Å². The smallest absolute Gasteiger partial charge is 0.393 e. The highest BCUT2D eigenvalue weighted by Crippen LogP contribution is 2.82. The molecule has 5 saturated carbocycles. The number of aliphatic hydroxyl groups excluding tert-OH is 1. The van der Waals surface area contributed by atoms with Crippen molar-refractivity contribution in [2.75, 3.05) is 6.61 Å². The van der Waals surface area contributed by atoms with Gasteiger partial charge in [-0.05, 0) is 79.4 Å². The second-order valence-electron chi connectivity index (χ2n) is 13.8. The van der Waals surface area contributed by atoms with Crippen LogP contribution in [0.1, 0.15) is 72.6 Å². The Hall–Kier alpha value is -0.250. The summed E-state index contributed by atoms with van der Waals surface area (Å²) in [5, 5.41) is 11.5. The van der Waals surface area contributed by atoms with Crippen molar-refractivity contribution in [1.82, 2.24) is 0 Å². The lowest BCUT2D eigenvalue weighted by molar-refractivity contribution is -0.224. The average Bonchev–Trinajstić information content (AvgIpc) is 2.92. The van der Waals surface area contributed by atoms with Gasteiger partial charge in [-0.1, -0.05) is 27.7 Å². The molecule has 2 spiro atoms. The van der Waals surface area contributed by atoms with E-state index in [0.29, 0.717) is 47.8 Å². The Labute approximate surface area is 203 Å². The van der Waals surface area contributed by atoms with Crippen LogP contribution >= 0.6 is 0 Å². The van der Waals surface area contributed by atoms with E-state index in [0.717, 1.165) is 45.1 Å². The molecule has 0 aromatic rings. The van der Waals surface area contributed by atoms with E-state index in [4.69, 9.17) is 13.7 Å². The molecule has 0 radical (unpaired) electrons. The topological polar surface area (TPSA) is 102 Å². The number of hydrogen-bond donors (Lipinski definition) is 2. The van der Waals surface area contributed by atoms with Gasteiger partial charge in [-0.15, -0.1) is 0 Å². The van der Waals surface area contributed by atoms with Crippen molar-refractivity contribution in [2.45, 2.75) is 96.7 Å². The molecule has 14 atom stereocenters. The van der Waals surface area contributed by atoms with Gasteiger partial charge in [-0.3, -0.25) is 4.55 Å². The third-order valence-electron chi connectivity index (χ3n) is 12.8. The second kappa shape index (κ2) is 6.60. The summed E-state index contributed by atoms with van der Waals surface area (Å²) >= 11 is 0. The lowest BCUT2D eigenvalue weighted by atomic mass is 9.44. The number of aliphatic hydroxyl groups is 1. The Morgan fingerprint density at radius 2 is 1.82 bits per heavy atom. The predicted octanol–water partition coefficient (Wildman–Crippen LogP) is 3.81. The molecule has 192 valence electrons. The second-order valence-corrected chi connectivity index (χ2v) is 14.8. The van der Waals surface area contributed by atoms with E-state index in [1.54, 1.807) is 0 Å². The van der Waals surface area contributed by atoms with Crippen molar-refractivity contribution < 1.29 is 31.7 Å². The largest absolute Gasteiger partial charge is 0.397 e. The Morgan fingerprint density at radius 1 is 1.06 bits per heavy atom. The van der Waals surface area contributed by atoms with Crippen molar-refractivity contribution in [1.29, 1.82) is 0 Å². The summed E-state index contributed by atoms with van der Waals surface area (Å²) in [6.45, 7) is 9.96. The minimum absolute atomic E-state index is 0.130. The van der Waals surface area contributed by atoms with Gasteiger partial charge in [-0.2, -0.15) is 8.42 Å². The first-order valence-electron chi connectivity index (χ1n) is 13.5. The number of fused-ring (bicyclic) bond motifs is 6. The molecule has 7 nitrogen and oxygen atoms in total. The van der Waals surface area contributed by atoms with Gasteiger partial charge >= 0.3 is 10.4 Å².